The Morgan fingerprint density at radius 3 is 3.00 bits per heavy atom. The maximum Gasteiger partial charge on any atom is 0.414 e. The third-order valence-electron chi connectivity index (χ3n) is 1.96. The van der Waals surface area contributed by atoms with Crippen LogP contribution >= 0.6 is 11.3 Å². The molecule has 2 amide bonds. The molecule has 0 aromatic carbocycles. The summed E-state index contributed by atoms with van der Waals surface area (Å²) in [5.74, 6) is -0.520. The first-order chi connectivity index (χ1) is 6.59. The Hall–Kier alpha value is -1.63. The fraction of sp³-hybridized carbons (Fsp3) is 0.286. The first-order valence-electron chi connectivity index (χ1n) is 3.89. The molecule has 0 unspecified atom stereocenters. The largest absolute Gasteiger partial charge is 0.465 e. The van der Waals surface area contributed by atoms with Crippen molar-refractivity contribution >= 4 is 28.5 Å². The molecular formula is C7H7N3O3S. The van der Waals surface area contributed by atoms with Crippen LogP contribution in [0.3, 0.4) is 0 Å². The van der Waals surface area contributed by atoms with Gasteiger partial charge >= 0.3 is 6.09 Å². The minimum Gasteiger partial charge on any atom is -0.465 e. The standard InChI is InChI=1S/C7H7N3O3S/c8-6-9-3-1-2-10(7(12)13)5(11)4(3)14-6/h1-2H2,(H2,8,9)(H,12,13). The number of nitrogens with zero attached hydrogens (tertiary/aromatic N) is 2. The number of fused-ring (bicyclic) bond motifs is 1. The SMILES string of the molecule is Nc1nc2c(s1)C(=O)N(C(=O)O)CC2. The zero-order chi connectivity index (χ0) is 10.3. The third kappa shape index (κ3) is 1.22. The zero-order valence-corrected chi connectivity index (χ0v) is 7.87. The van der Waals surface area contributed by atoms with E-state index in [1.54, 1.807) is 0 Å². The van der Waals surface area contributed by atoms with Gasteiger partial charge in [0, 0.05) is 13.0 Å². The van der Waals surface area contributed by atoms with Crippen LogP contribution in [-0.2, 0) is 6.42 Å². The normalized spacial score (nSPS) is 15.4. The van der Waals surface area contributed by atoms with Crippen molar-refractivity contribution in [1.82, 2.24) is 9.88 Å². The van der Waals surface area contributed by atoms with Crippen molar-refractivity contribution in [3.8, 4) is 0 Å². The summed E-state index contributed by atoms with van der Waals surface area (Å²) in [5.41, 5.74) is 6.04. The summed E-state index contributed by atoms with van der Waals surface area (Å²) in [4.78, 5) is 27.2. The predicted molar refractivity (Wildman–Crippen MR) is 49.3 cm³/mol. The molecule has 7 heteroatoms. The number of nitrogen functional groups attached to an aromatic ring is 1. The van der Waals surface area contributed by atoms with E-state index in [1.165, 1.54) is 0 Å². The predicted octanol–water partition coefficient (Wildman–Crippen LogP) is 0.402. The van der Waals surface area contributed by atoms with Gasteiger partial charge in [-0.25, -0.2) is 14.7 Å². The van der Waals surface area contributed by atoms with E-state index in [4.69, 9.17) is 10.8 Å². The van der Waals surface area contributed by atoms with E-state index in [0.29, 0.717) is 22.1 Å². The van der Waals surface area contributed by atoms with Crippen LogP contribution in [0.1, 0.15) is 15.4 Å². The van der Waals surface area contributed by atoms with Crippen molar-refractivity contribution in [3.63, 3.8) is 0 Å². The highest BCUT2D eigenvalue weighted by atomic mass is 32.1. The Morgan fingerprint density at radius 2 is 2.36 bits per heavy atom. The lowest BCUT2D eigenvalue weighted by atomic mass is 10.2. The zero-order valence-electron chi connectivity index (χ0n) is 7.06. The number of thiazole rings is 1. The number of aromatic nitrogens is 1. The van der Waals surface area contributed by atoms with Gasteiger partial charge in [0.1, 0.15) is 4.88 Å². The van der Waals surface area contributed by atoms with Gasteiger partial charge in [0.25, 0.3) is 5.91 Å². The quantitative estimate of drug-likeness (QED) is 0.650. The van der Waals surface area contributed by atoms with Crippen LogP contribution in [0.25, 0.3) is 0 Å². The molecule has 0 aliphatic carbocycles. The molecule has 0 atom stereocenters. The van der Waals surface area contributed by atoms with E-state index in [2.05, 4.69) is 4.98 Å². The molecule has 3 N–H and O–H groups in total. The Balaban J connectivity index is 2.40. The number of carbonyl (C=O) groups is 2. The highest BCUT2D eigenvalue weighted by Crippen LogP contribution is 2.26. The van der Waals surface area contributed by atoms with E-state index in [0.717, 1.165) is 16.2 Å². The summed E-state index contributed by atoms with van der Waals surface area (Å²) >= 11 is 1.03. The summed E-state index contributed by atoms with van der Waals surface area (Å²) in [5, 5.41) is 9.00. The third-order valence-corrected chi connectivity index (χ3v) is 2.87. The van der Waals surface area contributed by atoms with Gasteiger partial charge in [-0.3, -0.25) is 4.79 Å². The Labute approximate surface area is 83.0 Å². The molecule has 74 valence electrons. The second-order valence-corrected chi connectivity index (χ2v) is 3.85. The van der Waals surface area contributed by atoms with Crippen LogP contribution in [0.4, 0.5) is 9.93 Å². The molecule has 1 aromatic heterocycles. The maximum absolute atomic E-state index is 11.5. The molecule has 2 rings (SSSR count). The Bertz CT molecular complexity index is 414. The minimum absolute atomic E-state index is 0.157. The molecule has 6 nitrogen and oxygen atoms in total. The number of hydrogen-bond acceptors (Lipinski definition) is 5. The van der Waals surface area contributed by atoms with Gasteiger partial charge < -0.3 is 10.8 Å². The summed E-state index contributed by atoms with van der Waals surface area (Å²) in [6.45, 7) is 0.157. The van der Waals surface area contributed by atoms with Crippen LogP contribution in [0.15, 0.2) is 0 Å². The summed E-state index contributed by atoms with van der Waals surface area (Å²) in [6.07, 6.45) is -0.784. The van der Waals surface area contributed by atoms with Crippen molar-refractivity contribution in [3.05, 3.63) is 10.6 Å². The summed E-state index contributed by atoms with van der Waals surface area (Å²) in [6, 6.07) is 0. The fourth-order valence-corrected chi connectivity index (χ4v) is 2.16. The highest BCUT2D eigenvalue weighted by molar-refractivity contribution is 7.17. The molecule has 0 saturated heterocycles. The lowest BCUT2D eigenvalue weighted by Gasteiger charge is -2.20. The maximum atomic E-state index is 11.5. The number of nitrogens with two attached hydrogens (primary N) is 1. The van der Waals surface area contributed by atoms with Gasteiger partial charge in [-0.1, -0.05) is 11.3 Å². The van der Waals surface area contributed by atoms with Crippen LogP contribution in [0.2, 0.25) is 0 Å². The van der Waals surface area contributed by atoms with E-state index < -0.39 is 12.0 Å². The van der Waals surface area contributed by atoms with Crippen molar-refractivity contribution in [2.75, 3.05) is 12.3 Å². The second-order valence-electron chi connectivity index (χ2n) is 2.82. The van der Waals surface area contributed by atoms with Gasteiger partial charge in [-0.05, 0) is 0 Å². The van der Waals surface area contributed by atoms with Gasteiger partial charge in [0.15, 0.2) is 5.13 Å². The topological polar surface area (TPSA) is 96.5 Å². The summed E-state index contributed by atoms with van der Waals surface area (Å²) < 4.78 is 0. The first-order valence-corrected chi connectivity index (χ1v) is 4.71. The monoisotopic (exact) mass is 213 g/mol. The lowest BCUT2D eigenvalue weighted by Crippen LogP contribution is -2.40. The number of anilines is 1. The number of carboxylic acid groups (broad SMARTS) is 1. The Morgan fingerprint density at radius 1 is 1.64 bits per heavy atom. The number of amides is 2. The smallest absolute Gasteiger partial charge is 0.414 e. The molecular weight excluding hydrogens is 206 g/mol. The van der Waals surface area contributed by atoms with Gasteiger partial charge in [0.2, 0.25) is 0 Å². The minimum atomic E-state index is -1.23. The molecule has 1 aromatic rings. The van der Waals surface area contributed by atoms with E-state index >= 15 is 0 Å². The molecule has 0 fully saturated rings. The molecule has 0 radical (unpaired) electrons. The van der Waals surface area contributed by atoms with E-state index in [1.807, 2.05) is 0 Å². The van der Waals surface area contributed by atoms with E-state index in [-0.39, 0.29) is 6.54 Å². The first kappa shape index (κ1) is 8.95. The molecule has 0 saturated carbocycles. The summed E-state index contributed by atoms with van der Waals surface area (Å²) in [7, 11) is 0. The second kappa shape index (κ2) is 2.95. The van der Waals surface area contributed by atoms with Gasteiger partial charge in [-0.2, -0.15) is 0 Å². The molecule has 1 aliphatic heterocycles. The van der Waals surface area contributed by atoms with Crippen molar-refractivity contribution < 1.29 is 14.7 Å². The number of hydrogen-bond donors (Lipinski definition) is 2. The molecule has 0 bridgehead atoms. The van der Waals surface area contributed by atoms with E-state index in [9.17, 15) is 9.59 Å². The average molecular weight is 213 g/mol. The van der Waals surface area contributed by atoms with Crippen molar-refractivity contribution in [2.24, 2.45) is 0 Å². The number of carbonyl (C=O) groups excluding carboxylic acids is 1. The molecule has 0 spiro atoms. The average Bonchev–Trinajstić information content (AvgIpc) is 2.46. The fourth-order valence-electron chi connectivity index (χ4n) is 1.33. The van der Waals surface area contributed by atoms with Crippen LogP contribution in [0.5, 0.6) is 0 Å². The molecule has 2 heterocycles. The van der Waals surface area contributed by atoms with Crippen LogP contribution < -0.4 is 5.73 Å². The molecule has 1 aliphatic rings. The van der Waals surface area contributed by atoms with Crippen LogP contribution in [0, 0.1) is 0 Å². The van der Waals surface area contributed by atoms with Crippen molar-refractivity contribution in [1.29, 1.82) is 0 Å². The number of rotatable bonds is 0. The van der Waals surface area contributed by atoms with Crippen LogP contribution in [-0.4, -0.2) is 33.5 Å². The Kier molecular flexibility index (Phi) is 1.88. The molecule has 14 heavy (non-hydrogen) atoms. The van der Waals surface area contributed by atoms with Gasteiger partial charge in [0.05, 0.1) is 5.69 Å². The van der Waals surface area contributed by atoms with Gasteiger partial charge in [-0.15, -0.1) is 0 Å². The lowest BCUT2D eigenvalue weighted by molar-refractivity contribution is 0.0731. The van der Waals surface area contributed by atoms with Crippen molar-refractivity contribution in [2.45, 2.75) is 6.42 Å². The highest BCUT2D eigenvalue weighted by Gasteiger charge is 2.31. The number of imide groups is 1.